The Hall–Kier alpha value is -3.14. The number of thiophene rings is 1. The lowest BCUT2D eigenvalue weighted by Gasteiger charge is -2.09. The molecule has 0 unspecified atom stereocenters. The molecule has 0 bridgehead atoms. The number of carbonyl (C=O) groups is 2. The highest BCUT2D eigenvalue weighted by Crippen LogP contribution is 2.27. The van der Waals surface area contributed by atoms with Crippen molar-refractivity contribution in [2.45, 2.75) is 18.6 Å². The number of carbonyl (C=O) groups excluding carboxylic acids is 2. The van der Waals surface area contributed by atoms with Crippen LogP contribution in [0.3, 0.4) is 0 Å². The lowest BCUT2D eigenvalue weighted by Crippen LogP contribution is -2.15. The molecule has 2 N–H and O–H groups in total. The highest BCUT2D eigenvalue weighted by molar-refractivity contribution is 7.99. The molecule has 4 aromatic rings. The van der Waals surface area contributed by atoms with Gasteiger partial charge in [-0.2, -0.15) is 0 Å². The normalized spacial score (nSPS) is 10.7. The minimum Gasteiger partial charge on any atom is -0.325 e. The van der Waals surface area contributed by atoms with Crippen molar-refractivity contribution in [2.75, 3.05) is 16.4 Å². The molecule has 0 fully saturated rings. The average molecular weight is 498 g/mol. The largest absolute Gasteiger partial charge is 0.325 e. The Morgan fingerprint density at radius 2 is 1.70 bits per heavy atom. The summed E-state index contributed by atoms with van der Waals surface area (Å²) in [7, 11) is 0. The van der Waals surface area contributed by atoms with Crippen LogP contribution in [0.2, 0.25) is 5.02 Å². The van der Waals surface area contributed by atoms with Crippen LogP contribution < -0.4 is 10.6 Å². The maximum Gasteiger partial charge on any atom is 0.255 e. The fourth-order valence-corrected chi connectivity index (χ4v) is 4.68. The molecular formula is C23H20ClN5O2S2. The van der Waals surface area contributed by atoms with E-state index in [1.165, 1.54) is 11.8 Å². The molecule has 2 heterocycles. The molecule has 4 rings (SSSR count). The number of amides is 2. The number of thioether (sulfide) groups is 1. The summed E-state index contributed by atoms with van der Waals surface area (Å²) in [6, 6.07) is 17.6. The van der Waals surface area contributed by atoms with Crippen LogP contribution in [0.15, 0.2) is 71.2 Å². The Kier molecular flexibility index (Phi) is 7.43. The topological polar surface area (TPSA) is 88.9 Å². The Morgan fingerprint density at radius 3 is 2.33 bits per heavy atom. The van der Waals surface area contributed by atoms with Crippen LogP contribution in [0, 0.1) is 0 Å². The zero-order valence-corrected chi connectivity index (χ0v) is 20.0. The number of hydrogen-bond donors (Lipinski definition) is 2. The van der Waals surface area contributed by atoms with Gasteiger partial charge in [0.15, 0.2) is 11.0 Å². The number of halogens is 1. The number of nitrogens with one attached hydrogen (secondary N) is 2. The van der Waals surface area contributed by atoms with Crippen molar-refractivity contribution in [3.05, 3.63) is 76.6 Å². The van der Waals surface area contributed by atoms with Crippen LogP contribution in [-0.2, 0) is 11.3 Å². The van der Waals surface area contributed by atoms with Gasteiger partial charge in [-0.05, 0) is 66.9 Å². The third-order valence-electron chi connectivity index (χ3n) is 4.64. The lowest BCUT2D eigenvalue weighted by molar-refractivity contribution is -0.113. The molecule has 0 aliphatic carbocycles. The molecule has 0 radical (unpaired) electrons. The van der Waals surface area contributed by atoms with Gasteiger partial charge in [-0.3, -0.25) is 9.59 Å². The number of nitrogens with zero attached hydrogens (tertiary/aromatic N) is 3. The van der Waals surface area contributed by atoms with Gasteiger partial charge >= 0.3 is 0 Å². The Bertz CT molecular complexity index is 1240. The number of benzene rings is 2. The monoisotopic (exact) mass is 497 g/mol. The van der Waals surface area contributed by atoms with Crippen molar-refractivity contribution in [1.29, 1.82) is 0 Å². The van der Waals surface area contributed by atoms with Crippen LogP contribution in [0.4, 0.5) is 11.4 Å². The highest BCUT2D eigenvalue weighted by Gasteiger charge is 2.15. The van der Waals surface area contributed by atoms with Crippen LogP contribution >= 0.6 is 34.7 Å². The first-order valence-electron chi connectivity index (χ1n) is 10.1. The molecule has 0 aliphatic heterocycles. The Morgan fingerprint density at radius 1 is 1.00 bits per heavy atom. The lowest BCUT2D eigenvalue weighted by atomic mass is 10.2. The average Bonchev–Trinajstić information content (AvgIpc) is 3.49. The van der Waals surface area contributed by atoms with Crippen molar-refractivity contribution in [3.63, 3.8) is 0 Å². The second-order valence-electron chi connectivity index (χ2n) is 6.90. The van der Waals surface area contributed by atoms with E-state index in [0.29, 0.717) is 33.7 Å². The van der Waals surface area contributed by atoms with Gasteiger partial charge in [0.05, 0.1) is 10.6 Å². The van der Waals surface area contributed by atoms with Gasteiger partial charge in [-0.15, -0.1) is 21.5 Å². The molecule has 0 aliphatic rings. The molecule has 2 aromatic heterocycles. The number of rotatable bonds is 8. The van der Waals surface area contributed by atoms with E-state index in [9.17, 15) is 9.59 Å². The van der Waals surface area contributed by atoms with Gasteiger partial charge in [0, 0.05) is 28.5 Å². The van der Waals surface area contributed by atoms with Crippen molar-refractivity contribution < 1.29 is 9.59 Å². The predicted octanol–water partition coefficient (Wildman–Crippen LogP) is 5.66. The van der Waals surface area contributed by atoms with E-state index in [2.05, 4.69) is 20.8 Å². The fraction of sp³-hybridized carbons (Fsp3) is 0.130. The molecule has 33 heavy (non-hydrogen) atoms. The third-order valence-corrected chi connectivity index (χ3v) is 6.72. The zero-order chi connectivity index (χ0) is 23.2. The van der Waals surface area contributed by atoms with Crippen molar-refractivity contribution in [3.8, 4) is 10.7 Å². The molecule has 7 nitrogen and oxygen atoms in total. The first kappa shape index (κ1) is 23.0. The summed E-state index contributed by atoms with van der Waals surface area (Å²) in [5.41, 5.74) is 1.77. The smallest absolute Gasteiger partial charge is 0.255 e. The van der Waals surface area contributed by atoms with E-state index in [0.717, 1.165) is 10.7 Å². The quantitative estimate of drug-likeness (QED) is 0.306. The van der Waals surface area contributed by atoms with E-state index in [1.807, 2.05) is 29.0 Å². The number of anilines is 2. The predicted molar refractivity (Wildman–Crippen MR) is 134 cm³/mol. The van der Waals surface area contributed by atoms with Gasteiger partial charge in [0.25, 0.3) is 5.91 Å². The summed E-state index contributed by atoms with van der Waals surface area (Å²) in [5.74, 6) is 0.632. The summed E-state index contributed by atoms with van der Waals surface area (Å²) in [6.07, 6.45) is 0. The number of hydrogen-bond acceptors (Lipinski definition) is 6. The van der Waals surface area contributed by atoms with E-state index < -0.39 is 0 Å². The molecule has 0 saturated carbocycles. The van der Waals surface area contributed by atoms with E-state index in [1.54, 1.807) is 59.9 Å². The van der Waals surface area contributed by atoms with Crippen LogP contribution in [0.1, 0.15) is 17.3 Å². The van der Waals surface area contributed by atoms with Gasteiger partial charge < -0.3 is 15.2 Å². The molecular weight excluding hydrogens is 478 g/mol. The third kappa shape index (κ3) is 5.81. The van der Waals surface area contributed by atoms with Crippen molar-refractivity contribution in [1.82, 2.24) is 14.8 Å². The summed E-state index contributed by atoms with van der Waals surface area (Å²) in [5, 5.41) is 17.5. The SMILES string of the molecule is CCn1c(SCC(=O)Nc2ccc(NC(=O)c3ccc(Cl)cc3)cc2)nnc1-c1cccs1. The molecule has 10 heteroatoms. The Labute approximate surface area is 204 Å². The zero-order valence-electron chi connectivity index (χ0n) is 17.6. The van der Waals surface area contributed by atoms with E-state index in [-0.39, 0.29) is 17.6 Å². The standard InChI is InChI=1S/C23H20ClN5O2S2/c1-2-29-21(19-4-3-13-32-19)27-28-23(29)33-14-20(30)25-17-9-11-18(12-10-17)26-22(31)15-5-7-16(24)8-6-15/h3-13H,2,14H2,1H3,(H,25,30)(H,26,31). The van der Waals surface area contributed by atoms with Gasteiger partial charge in [0.1, 0.15) is 0 Å². The van der Waals surface area contributed by atoms with Crippen molar-refractivity contribution in [2.24, 2.45) is 0 Å². The second-order valence-corrected chi connectivity index (χ2v) is 9.23. The molecule has 0 spiro atoms. The summed E-state index contributed by atoms with van der Waals surface area (Å²) >= 11 is 8.80. The molecule has 2 amide bonds. The minimum atomic E-state index is -0.234. The molecule has 0 atom stereocenters. The van der Waals surface area contributed by atoms with E-state index in [4.69, 9.17) is 11.6 Å². The van der Waals surface area contributed by atoms with E-state index >= 15 is 0 Å². The van der Waals surface area contributed by atoms with Gasteiger partial charge in [-0.1, -0.05) is 29.4 Å². The Balaban J connectivity index is 1.31. The van der Waals surface area contributed by atoms with Crippen LogP contribution in [-0.4, -0.2) is 32.3 Å². The minimum absolute atomic E-state index is 0.152. The van der Waals surface area contributed by atoms with Crippen LogP contribution in [0.5, 0.6) is 0 Å². The van der Waals surface area contributed by atoms with Gasteiger partial charge in [-0.25, -0.2) is 0 Å². The van der Waals surface area contributed by atoms with Gasteiger partial charge in [0.2, 0.25) is 5.91 Å². The summed E-state index contributed by atoms with van der Waals surface area (Å²) in [6.45, 7) is 2.74. The van der Waals surface area contributed by atoms with Crippen LogP contribution in [0.25, 0.3) is 10.7 Å². The highest BCUT2D eigenvalue weighted by atomic mass is 35.5. The second kappa shape index (κ2) is 10.7. The number of aromatic nitrogens is 3. The molecule has 168 valence electrons. The maximum atomic E-state index is 12.4. The summed E-state index contributed by atoms with van der Waals surface area (Å²) < 4.78 is 2.00. The first-order chi connectivity index (χ1) is 16.0. The van der Waals surface area contributed by atoms with Crippen molar-refractivity contribution >= 4 is 57.9 Å². The maximum absolute atomic E-state index is 12.4. The fourth-order valence-electron chi connectivity index (χ4n) is 3.04. The molecule has 2 aromatic carbocycles. The molecule has 0 saturated heterocycles. The first-order valence-corrected chi connectivity index (χ1v) is 12.3. The summed E-state index contributed by atoms with van der Waals surface area (Å²) in [4.78, 5) is 25.8.